The maximum Gasteiger partial charge on any atom is 0.219 e. The molecule has 5 rings (SSSR count). The monoisotopic (exact) mass is 467 g/mol. The van der Waals surface area contributed by atoms with Gasteiger partial charge >= 0.3 is 0 Å². The number of amides is 1. The zero-order valence-corrected chi connectivity index (χ0v) is 18.9. The number of aromatic amines is 1. The summed E-state index contributed by atoms with van der Waals surface area (Å²) in [4.78, 5) is 20.7. The zero-order valence-electron chi connectivity index (χ0n) is 18.9. The van der Waals surface area contributed by atoms with E-state index in [1.54, 1.807) is 30.4 Å². The topological polar surface area (TPSA) is 85.3 Å². The average molecular weight is 467 g/mol. The number of rotatable bonds is 6. The fraction of sp³-hybridized carbons (Fsp3) is 0.292. The van der Waals surface area contributed by atoms with E-state index in [2.05, 4.69) is 15.1 Å². The molecule has 0 unspecified atom stereocenters. The molecule has 10 heteroatoms. The van der Waals surface area contributed by atoms with Crippen molar-refractivity contribution in [2.24, 2.45) is 0 Å². The number of halogens is 2. The lowest BCUT2D eigenvalue weighted by Gasteiger charge is -2.38. The molecular weight excluding hydrogens is 444 g/mol. The fourth-order valence-electron chi connectivity index (χ4n) is 4.21. The van der Waals surface area contributed by atoms with Gasteiger partial charge in [0.1, 0.15) is 5.65 Å². The number of hydrogen-bond donors (Lipinski definition) is 1. The summed E-state index contributed by atoms with van der Waals surface area (Å²) in [5, 5.41) is 5.19. The Bertz CT molecular complexity index is 1360. The van der Waals surface area contributed by atoms with Crippen molar-refractivity contribution in [1.29, 1.82) is 0 Å². The van der Waals surface area contributed by atoms with Gasteiger partial charge in [-0.2, -0.15) is 5.10 Å². The van der Waals surface area contributed by atoms with Gasteiger partial charge in [0.05, 0.1) is 26.5 Å². The molecule has 4 heterocycles. The number of nitrogens with zero attached hydrogens (tertiary/aromatic N) is 4. The first-order valence-electron chi connectivity index (χ1n) is 10.7. The summed E-state index contributed by atoms with van der Waals surface area (Å²) in [7, 11) is 2.64. The van der Waals surface area contributed by atoms with Gasteiger partial charge < -0.3 is 19.4 Å². The average Bonchev–Trinajstić information content (AvgIpc) is 3.43. The smallest absolute Gasteiger partial charge is 0.219 e. The molecule has 1 aliphatic rings. The summed E-state index contributed by atoms with van der Waals surface area (Å²) in [6.45, 7) is 2.83. The van der Waals surface area contributed by atoms with Crippen LogP contribution in [0.5, 0.6) is 11.5 Å². The first kappa shape index (κ1) is 21.9. The number of benzene rings is 1. The van der Waals surface area contributed by atoms with Crippen LogP contribution in [0.15, 0.2) is 36.9 Å². The molecule has 176 valence electrons. The molecule has 1 aromatic carbocycles. The molecule has 1 amide bonds. The van der Waals surface area contributed by atoms with E-state index in [1.807, 2.05) is 16.9 Å². The second-order valence-corrected chi connectivity index (χ2v) is 8.29. The molecule has 3 aromatic heterocycles. The molecule has 0 atom stereocenters. The minimum absolute atomic E-state index is 0.0153. The number of fused-ring (bicyclic) bond motifs is 1. The maximum absolute atomic E-state index is 14.9. The highest BCUT2D eigenvalue weighted by Crippen LogP contribution is 2.34. The van der Waals surface area contributed by atoms with Crippen LogP contribution in [0, 0.1) is 11.6 Å². The number of hydrogen-bond acceptors (Lipinski definition) is 5. The third-order valence-corrected chi connectivity index (χ3v) is 6.27. The van der Waals surface area contributed by atoms with Gasteiger partial charge in [0.25, 0.3) is 0 Å². The van der Waals surface area contributed by atoms with Gasteiger partial charge in [0.2, 0.25) is 5.91 Å². The molecule has 1 N–H and O–H groups in total. The van der Waals surface area contributed by atoms with Crippen LogP contribution < -0.4 is 9.47 Å². The molecule has 0 saturated carbocycles. The van der Waals surface area contributed by atoms with Crippen molar-refractivity contribution in [3.63, 3.8) is 0 Å². The molecule has 0 aliphatic carbocycles. The molecule has 1 aliphatic heterocycles. The molecular formula is C24H23F2N5O3. The number of methoxy groups -OCH3 is 2. The summed E-state index contributed by atoms with van der Waals surface area (Å²) >= 11 is 0. The number of carbonyl (C=O) groups is 1. The Morgan fingerprint density at radius 1 is 1.12 bits per heavy atom. The lowest BCUT2D eigenvalue weighted by atomic mass is 10.0. The second kappa shape index (κ2) is 8.44. The number of carbonyl (C=O) groups excluding carboxylic acids is 1. The Balaban J connectivity index is 1.46. The number of nitrogens with one attached hydrogen (secondary N) is 1. The molecule has 0 bridgehead atoms. The SMILES string of the molecule is COc1cc(OC)c(F)c(Cc2c[nH]c3ncc(-c4cnn(C5CN(C(C)=O)C5)c4)cc23)c1F. The summed E-state index contributed by atoms with van der Waals surface area (Å²) in [5.41, 5.74) is 2.84. The van der Waals surface area contributed by atoms with Gasteiger partial charge in [-0.05, 0) is 11.6 Å². The number of likely N-dealkylation sites (tertiary alicyclic amines) is 1. The fourth-order valence-corrected chi connectivity index (χ4v) is 4.21. The van der Waals surface area contributed by atoms with E-state index in [9.17, 15) is 13.6 Å². The van der Waals surface area contributed by atoms with Crippen LogP contribution in [0.1, 0.15) is 24.1 Å². The second-order valence-electron chi connectivity index (χ2n) is 8.29. The third-order valence-electron chi connectivity index (χ3n) is 6.27. The van der Waals surface area contributed by atoms with Crippen molar-refractivity contribution in [2.45, 2.75) is 19.4 Å². The maximum atomic E-state index is 14.9. The quantitative estimate of drug-likeness (QED) is 0.467. The molecule has 0 spiro atoms. The van der Waals surface area contributed by atoms with Gasteiger partial charge in [-0.25, -0.2) is 13.8 Å². The molecule has 4 aromatic rings. The Hall–Kier alpha value is -3.95. The number of aromatic nitrogens is 4. The van der Waals surface area contributed by atoms with Crippen LogP contribution in [0.3, 0.4) is 0 Å². The normalized spacial score (nSPS) is 13.9. The Labute approximate surface area is 194 Å². The molecule has 0 radical (unpaired) electrons. The highest BCUT2D eigenvalue weighted by molar-refractivity contribution is 5.84. The molecule has 1 fully saturated rings. The number of H-pyrrole nitrogens is 1. The van der Waals surface area contributed by atoms with Crippen LogP contribution in [-0.4, -0.2) is 57.9 Å². The summed E-state index contributed by atoms with van der Waals surface area (Å²) < 4.78 is 41.7. The third kappa shape index (κ3) is 3.64. The summed E-state index contributed by atoms with van der Waals surface area (Å²) in [5.74, 6) is -1.64. The van der Waals surface area contributed by atoms with Crippen LogP contribution >= 0.6 is 0 Å². The minimum Gasteiger partial charge on any atom is -0.494 e. The van der Waals surface area contributed by atoms with Crippen molar-refractivity contribution >= 4 is 16.9 Å². The largest absolute Gasteiger partial charge is 0.494 e. The van der Waals surface area contributed by atoms with E-state index in [4.69, 9.17) is 9.47 Å². The van der Waals surface area contributed by atoms with Crippen LogP contribution in [0.4, 0.5) is 8.78 Å². The van der Waals surface area contributed by atoms with Crippen molar-refractivity contribution in [3.8, 4) is 22.6 Å². The van der Waals surface area contributed by atoms with E-state index >= 15 is 0 Å². The molecule has 8 nitrogen and oxygen atoms in total. The van der Waals surface area contributed by atoms with E-state index in [0.717, 1.165) is 16.5 Å². The predicted octanol–water partition coefficient (Wildman–Crippen LogP) is 3.72. The standard InChI is InChI=1S/C24H23F2N5O3/c1-13(32)30-11-17(12-30)31-10-16(9-29-31)14-4-18-15(8-28-24(18)27-7-14)5-19-22(25)20(33-2)6-21(34-3)23(19)26/h4,6-10,17H,5,11-12H2,1-3H3,(H,27,28). The van der Waals surface area contributed by atoms with E-state index in [0.29, 0.717) is 24.3 Å². The predicted molar refractivity (Wildman–Crippen MR) is 121 cm³/mol. The lowest BCUT2D eigenvalue weighted by molar-refractivity contribution is -0.134. The van der Waals surface area contributed by atoms with E-state index in [-0.39, 0.29) is 35.4 Å². The van der Waals surface area contributed by atoms with E-state index < -0.39 is 11.6 Å². The minimum atomic E-state index is -0.763. The Morgan fingerprint density at radius 2 is 1.82 bits per heavy atom. The van der Waals surface area contributed by atoms with Crippen molar-refractivity contribution in [1.82, 2.24) is 24.6 Å². The summed E-state index contributed by atoms with van der Waals surface area (Å²) in [6.07, 6.45) is 7.07. The zero-order chi connectivity index (χ0) is 24.0. The van der Waals surface area contributed by atoms with Crippen LogP contribution in [0.25, 0.3) is 22.2 Å². The highest BCUT2D eigenvalue weighted by Gasteiger charge is 2.30. The first-order valence-corrected chi connectivity index (χ1v) is 10.7. The molecule has 1 saturated heterocycles. The summed E-state index contributed by atoms with van der Waals surface area (Å²) in [6, 6.07) is 3.26. The Morgan fingerprint density at radius 3 is 2.47 bits per heavy atom. The van der Waals surface area contributed by atoms with Gasteiger partial charge in [0.15, 0.2) is 23.1 Å². The Kier molecular flexibility index (Phi) is 5.43. The lowest BCUT2D eigenvalue weighted by Crippen LogP contribution is -2.49. The van der Waals surface area contributed by atoms with Gasteiger partial charge in [0, 0.05) is 73.2 Å². The van der Waals surface area contributed by atoms with E-state index in [1.165, 1.54) is 20.3 Å². The van der Waals surface area contributed by atoms with Gasteiger partial charge in [-0.3, -0.25) is 9.48 Å². The number of pyridine rings is 1. The highest BCUT2D eigenvalue weighted by atomic mass is 19.1. The molecule has 34 heavy (non-hydrogen) atoms. The van der Waals surface area contributed by atoms with Crippen molar-refractivity contribution < 1.29 is 23.0 Å². The van der Waals surface area contributed by atoms with Gasteiger partial charge in [-0.1, -0.05) is 0 Å². The van der Waals surface area contributed by atoms with Crippen LogP contribution in [0.2, 0.25) is 0 Å². The van der Waals surface area contributed by atoms with Gasteiger partial charge in [-0.15, -0.1) is 0 Å². The first-order chi connectivity index (χ1) is 16.4. The number of ether oxygens (including phenoxy) is 2. The van der Waals surface area contributed by atoms with Crippen LogP contribution in [-0.2, 0) is 11.2 Å². The van der Waals surface area contributed by atoms with Crippen molar-refractivity contribution in [3.05, 3.63) is 59.7 Å². The van der Waals surface area contributed by atoms with Crippen molar-refractivity contribution in [2.75, 3.05) is 27.3 Å².